The van der Waals surface area contributed by atoms with Crippen molar-refractivity contribution in [1.29, 1.82) is 0 Å². The van der Waals surface area contributed by atoms with Crippen molar-refractivity contribution in [2.45, 2.75) is 45.2 Å². The lowest BCUT2D eigenvalue weighted by Crippen LogP contribution is -2.47. The van der Waals surface area contributed by atoms with E-state index in [9.17, 15) is 19.7 Å². The largest absolute Gasteiger partial charge is 0.305 e. The average Bonchev–Trinajstić information content (AvgIpc) is 3.01. The van der Waals surface area contributed by atoms with E-state index in [0.29, 0.717) is 17.5 Å². The summed E-state index contributed by atoms with van der Waals surface area (Å²) in [5.74, 6) is -0.287. The predicted octanol–water partition coefficient (Wildman–Crippen LogP) is 7.77. The van der Waals surface area contributed by atoms with E-state index in [0.717, 1.165) is 29.8 Å². The van der Waals surface area contributed by atoms with Gasteiger partial charge in [0.15, 0.2) is 0 Å². The Morgan fingerprint density at radius 1 is 0.929 bits per heavy atom. The number of nitro benzene ring substituents is 1. The summed E-state index contributed by atoms with van der Waals surface area (Å²) in [6.45, 7) is 4.16. The van der Waals surface area contributed by atoms with Gasteiger partial charge in [-0.05, 0) is 85.0 Å². The van der Waals surface area contributed by atoms with Gasteiger partial charge < -0.3 is 9.80 Å². The van der Waals surface area contributed by atoms with Gasteiger partial charge in [0.05, 0.1) is 11.0 Å². The zero-order valence-corrected chi connectivity index (χ0v) is 23.7. The minimum atomic E-state index is -0.451. The zero-order valence-electron chi connectivity index (χ0n) is 23.7. The standard InChI is InChI=1S/C35H33N3O4/c1-3-9-26-14-19-28(20-15-26)35(40)36-25(2)24-33(31-12-7-8-13-32(31)36)37(29-10-5-4-6-11-29)34(39)23-18-27-16-21-30(22-17-27)38(41)42/h4-8,10-23,25,33H,3,9,24H2,1-2H3/b23-18+/t25-,33-/m1/s1. The lowest BCUT2D eigenvalue weighted by atomic mass is 9.89. The van der Waals surface area contributed by atoms with Crippen LogP contribution in [0.25, 0.3) is 6.08 Å². The van der Waals surface area contributed by atoms with Crippen LogP contribution < -0.4 is 9.80 Å². The van der Waals surface area contributed by atoms with Crippen LogP contribution in [0.2, 0.25) is 0 Å². The van der Waals surface area contributed by atoms with Gasteiger partial charge in [-0.1, -0.05) is 61.9 Å². The van der Waals surface area contributed by atoms with Crippen LogP contribution in [0.15, 0.2) is 109 Å². The molecule has 0 unspecified atom stereocenters. The van der Waals surface area contributed by atoms with E-state index < -0.39 is 4.92 Å². The molecule has 0 N–H and O–H groups in total. The Morgan fingerprint density at radius 3 is 2.26 bits per heavy atom. The van der Waals surface area contributed by atoms with Crippen molar-refractivity contribution in [3.63, 3.8) is 0 Å². The van der Waals surface area contributed by atoms with Gasteiger partial charge in [0.25, 0.3) is 17.5 Å². The van der Waals surface area contributed by atoms with E-state index in [-0.39, 0.29) is 29.6 Å². The molecule has 7 nitrogen and oxygen atoms in total. The Kier molecular flexibility index (Phi) is 8.58. The summed E-state index contributed by atoms with van der Waals surface area (Å²) in [5.41, 5.74) is 4.95. The Morgan fingerprint density at radius 2 is 1.60 bits per heavy atom. The number of nitrogens with zero attached hydrogens (tertiary/aromatic N) is 3. The fraction of sp³-hybridized carbons (Fsp3) is 0.200. The summed E-state index contributed by atoms with van der Waals surface area (Å²) in [6.07, 6.45) is 5.73. The molecule has 5 rings (SSSR count). The second-order valence-electron chi connectivity index (χ2n) is 10.5. The van der Waals surface area contributed by atoms with E-state index >= 15 is 0 Å². The van der Waals surface area contributed by atoms with Crippen molar-refractivity contribution >= 4 is 35.0 Å². The molecule has 0 saturated carbocycles. The number of hydrogen-bond donors (Lipinski definition) is 0. The average molecular weight is 560 g/mol. The quantitative estimate of drug-likeness (QED) is 0.125. The first-order valence-corrected chi connectivity index (χ1v) is 14.2. The molecule has 0 radical (unpaired) electrons. The van der Waals surface area contributed by atoms with Crippen molar-refractivity contribution in [1.82, 2.24) is 0 Å². The third-order valence-electron chi connectivity index (χ3n) is 7.62. The van der Waals surface area contributed by atoms with Gasteiger partial charge in [-0.3, -0.25) is 19.7 Å². The summed E-state index contributed by atoms with van der Waals surface area (Å²) < 4.78 is 0. The van der Waals surface area contributed by atoms with Crippen LogP contribution in [0, 0.1) is 10.1 Å². The Hall–Kier alpha value is -5.04. The maximum absolute atomic E-state index is 13.9. The fourth-order valence-corrected chi connectivity index (χ4v) is 5.58. The number of fused-ring (bicyclic) bond motifs is 1. The highest BCUT2D eigenvalue weighted by molar-refractivity contribution is 6.08. The van der Waals surface area contributed by atoms with Gasteiger partial charge in [-0.25, -0.2) is 0 Å². The minimum Gasteiger partial charge on any atom is -0.305 e. The van der Waals surface area contributed by atoms with Crippen molar-refractivity contribution in [2.24, 2.45) is 0 Å². The van der Waals surface area contributed by atoms with Gasteiger partial charge >= 0.3 is 0 Å². The van der Waals surface area contributed by atoms with Crippen LogP contribution in [0.1, 0.15) is 59.8 Å². The molecule has 0 saturated heterocycles. The fourth-order valence-electron chi connectivity index (χ4n) is 5.58. The number of carbonyl (C=O) groups excluding carboxylic acids is 2. The normalized spacial score (nSPS) is 16.2. The Balaban J connectivity index is 1.49. The number of hydrogen-bond acceptors (Lipinski definition) is 4. The zero-order chi connectivity index (χ0) is 29.6. The van der Waals surface area contributed by atoms with Crippen LogP contribution in [-0.2, 0) is 11.2 Å². The van der Waals surface area contributed by atoms with Crippen LogP contribution in [0.4, 0.5) is 17.1 Å². The number of rotatable bonds is 8. The molecule has 4 aromatic rings. The number of non-ortho nitro benzene ring substituents is 1. The highest BCUT2D eigenvalue weighted by Gasteiger charge is 2.38. The summed E-state index contributed by atoms with van der Waals surface area (Å²) >= 11 is 0. The molecule has 42 heavy (non-hydrogen) atoms. The molecule has 1 aliphatic rings. The summed E-state index contributed by atoms with van der Waals surface area (Å²) in [5, 5.41) is 11.0. The first kappa shape index (κ1) is 28.5. The second kappa shape index (κ2) is 12.6. The first-order chi connectivity index (χ1) is 20.4. The van der Waals surface area contributed by atoms with Crippen molar-refractivity contribution < 1.29 is 14.5 Å². The number of aryl methyl sites for hydroxylation is 1. The molecule has 1 heterocycles. The molecule has 212 valence electrons. The van der Waals surface area contributed by atoms with Gasteiger partial charge in [-0.15, -0.1) is 0 Å². The first-order valence-electron chi connectivity index (χ1n) is 14.2. The monoisotopic (exact) mass is 559 g/mol. The molecule has 0 aliphatic carbocycles. The number of anilines is 2. The van der Waals surface area contributed by atoms with Crippen LogP contribution in [-0.4, -0.2) is 22.8 Å². The Labute approximate surface area is 245 Å². The molecule has 0 aromatic heterocycles. The lowest BCUT2D eigenvalue weighted by Gasteiger charge is -2.43. The van der Waals surface area contributed by atoms with Crippen LogP contribution in [0.3, 0.4) is 0 Å². The van der Waals surface area contributed by atoms with Gasteiger partial charge in [0, 0.05) is 41.2 Å². The molecular weight excluding hydrogens is 526 g/mol. The number of para-hydroxylation sites is 2. The van der Waals surface area contributed by atoms with E-state index in [2.05, 4.69) is 6.92 Å². The molecule has 0 bridgehead atoms. The predicted molar refractivity (Wildman–Crippen MR) is 167 cm³/mol. The highest BCUT2D eigenvalue weighted by atomic mass is 16.6. The number of carbonyl (C=O) groups is 2. The summed E-state index contributed by atoms with van der Waals surface area (Å²) in [6, 6.07) is 30.7. The molecule has 2 atom stereocenters. The lowest BCUT2D eigenvalue weighted by molar-refractivity contribution is -0.384. The maximum Gasteiger partial charge on any atom is 0.269 e. The van der Waals surface area contributed by atoms with Gasteiger partial charge in [0.1, 0.15) is 0 Å². The van der Waals surface area contributed by atoms with Gasteiger partial charge in [0.2, 0.25) is 0 Å². The third-order valence-corrected chi connectivity index (χ3v) is 7.62. The second-order valence-corrected chi connectivity index (χ2v) is 10.5. The van der Waals surface area contributed by atoms with Crippen molar-refractivity contribution in [3.05, 3.63) is 142 Å². The smallest absolute Gasteiger partial charge is 0.269 e. The number of benzene rings is 4. The molecular formula is C35H33N3O4. The van der Waals surface area contributed by atoms with E-state index in [1.165, 1.54) is 23.8 Å². The van der Waals surface area contributed by atoms with E-state index in [4.69, 9.17) is 0 Å². The van der Waals surface area contributed by atoms with Crippen LogP contribution >= 0.6 is 0 Å². The SMILES string of the molecule is CCCc1ccc(C(=O)N2c3ccccc3[C@H](N(C(=O)/C=C/c3ccc([N+](=O)[O-])cc3)c3ccccc3)C[C@H]2C)cc1. The van der Waals surface area contributed by atoms with Crippen molar-refractivity contribution in [3.8, 4) is 0 Å². The Bertz CT molecular complexity index is 1600. The molecule has 7 heteroatoms. The van der Waals surface area contributed by atoms with E-state index in [1.54, 1.807) is 23.1 Å². The molecule has 2 amide bonds. The molecule has 4 aromatic carbocycles. The topological polar surface area (TPSA) is 83.8 Å². The minimum absolute atomic E-state index is 0.00630. The number of nitro groups is 1. The van der Waals surface area contributed by atoms with Crippen molar-refractivity contribution in [2.75, 3.05) is 9.80 Å². The maximum atomic E-state index is 13.9. The van der Waals surface area contributed by atoms with Gasteiger partial charge in [-0.2, -0.15) is 0 Å². The van der Waals surface area contributed by atoms with Crippen LogP contribution in [0.5, 0.6) is 0 Å². The van der Waals surface area contributed by atoms with E-state index in [1.807, 2.05) is 90.7 Å². The summed E-state index contributed by atoms with van der Waals surface area (Å²) in [4.78, 5) is 41.9. The third kappa shape index (κ3) is 6.00. The number of amides is 2. The molecule has 0 spiro atoms. The summed E-state index contributed by atoms with van der Waals surface area (Å²) in [7, 11) is 0. The molecule has 1 aliphatic heterocycles. The highest BCUT2D eigenvalue weighted by Crippen LogP contribution is 2.43. The molecule has 0 fully saturated rings.